The molecule has 76 valence electrons. The van der Waals surface area contributed by atoms with Crippen LogP contribution in [0.3, 0.4) is 0 Å². The van der Waals surface area contributed by atoms with Gasteiger partial charge in [0.15, 0.2) is 0 Å². The maximum Gasteiger partial charge on any atom is 0.214 e. The lowest BCUT2D eigenvalue weighted by Gasteiger charge is -2.14. The zero-order valence-electron chi connectivity index (χ0n) is 7.66. The molecule has 5 heteroatoms. The van der Waals surface area contributed by atoms with Crippen molar-refractivity contribution in [2.24, 2.45) is 5.92 Å². The molecule has 0 N–H and O–H groups in total. The largest absolute Gasteiger partial charge is 0.214 e. The summed E-state index contributed by atoms with van der Waals surface area (Å²) in [4.78, 5) is 0. The highest BCUT2D eigenvalue weighted by Crippen LogP contribution is 2.19. The van der Waals surface area contributed by atoms with E-state index in [4.69, 9.17) is 11.6 Å². The Bertz CT molecular complexity index is 299. The predicted octanol–water partition coefficient (Wildman–Crippen LogP) is 1.06. The minimum atomic E-state index is -3.03. The molecule has 0 aromatic heterocycles. The average Bonchev–Trinajstić information content (AvgIpc) is 2.24. The molecule has 0 amide bonds. The van der Waals surface area contributed by atoms with Gasteiger partial charge in [-0.15, -0.1) is 11.6 Å². The predicted molar refractivity (Wildman–Crippen MR) is 54.4 cm³/mol. The van der Waals surface area contributed by atoms with E-state index in [9.17, 15) is 8.42 Å². The minimum absolute atomic E-state index is 0.216. The molecule has 0 spiro atoms. The normalized spacial score (nSPS) is 27.7. The second-order valence-corrected chi connectivity index (χ2v) is 5.84. The third-order valence-corrected chi connectivity index (χ3v) is 4.43. The third-order valence-electron chi connectivity index (χ3n) is 1.99. The monoisotopic (exact) mass is 223 g/mol. The molecule has 0 aromatic rings. The van der Waals surface area contributed by atoms with Gasteiger partial charge in [-0.05, 0) is 11.5 Å². The molecule has 1 rings (SSSR count). The quantitative estimate of drug-likeness (QED) is 0.530. The molecule has 1 fully saturated rings. The van der Waals surface area contributed by atoms with E-state index < -0.39 is 10.0 Å². The van der Waals surface area contributed by atoms with E-state index in [1.165, 1.54) is 4.31 Å². The molecule has 13 heavy (non-hydrogen) atoms. The van der Waals surface area contributed by atoms with Crippen LogP contribution in [0.5, 0.6) is 0 Å². The summed E-state index contributed by atoms with van der Waals surface area (Å²) in [5, 5.41) is 0. The van der Waals surface area contributed by atoms with Gasteiger partial charge in [-0.1, -0.05) is 13.5 Å². The van der Waals surface area contributed by atoms with Crippen LogP contribution in [0, 0.1) is 5.92 Å². The van der Waals surface area contributed by atoms with Crippen molar-refractivity contribution < 1.29 is 8.42 Å². The number of hydrogen-bond donors (Lipinski definition) is 0. The van der Waals surface area contributed by atoms with E-state index >= 15 is 0 Å². The molecular formula is C8H14ClNO2S. The lowest BCUT2D eigenvalue weighted by Crippen LogP contribution is -2.28. The molecule has 1 unspecified atom stereocenters. The molecule has 1 heterocycles. The van der Waals surface area contributed by atoms with Gasteiger partial charge in [-0.3, -0.25) is 0 Å². The van der Waals surface area contributed by atoms with Gasteiger partial charge in [0.1, 0.15) is 0 Å². The summed E-state index contributed by atoms with van der Waals surface area (Å²) in [5.74, 6) is 0.788. The molecule has 0 aromatic carbocycles. The van der Waals surface area contributed by atoms with Crippen molar-refractivity contribution in [3.63, 3.8) is 0 Å². The number of nitrogens with zero attached hydrogens (tertiary/aromatic N) is 1. The van der Waals surface area contributed by atoms with E-state index in [0.717, 1.165) is 5.57 Å². The van der Waals surface area contributed by atoms with Crippen LogP contribution in [0.15, 0.2) is 12.2 Å². The smallest absolute Gasteiger partial charge is 0.212 e. The number of alkyl halides is 1. The van der Waals surface area contributed by atoms with Gasteiger partial charge in [-0.2, -0.15) is 4.31 Å². The van der Waals surface area contributed by atoms with Crippen LogP contribution in [0.2, 0.25) is 0 Å². The summed E-state index contributed by atoms with van der Waals surface area (Å²) >= 11 is 5.54. The molecule has 1 aliphatic heterocycles. The maximum absolute atomic E-state index is 11.5. The SMILES string of the molecule is C=C(CCl)CN1CC(C)CS1(=O)=O. The Balaban J connectivity index is 2.66. The number of rotatable bonds is 3. The molecule has 0 saturated carbocycles. The Kier molecular flexibility index (Phi) is 3.38. The van der Waals surface area contributed by atoms with Gasteiger partial charge >= 0.3 is 0 Å². The second kappa shape index (κ2) is 3.98. The van der Waals surface area contributed by atoms with E-state index in [1.807, 2.05) is 6.92 Å². The van der Waals surface area contributed by atoms with Crippen molar-refractivity contribution in [2.45, 2.75) is 6.92 Å². The molecule has 1 atom stereocenters. The van der Waals surface area contributed by atoms with Gasteiger partial charge in [0, 0.05) is 19.0 Å². The Morgan fingerprint density at radius 1 is 1.69 bits per heavy atom. The summed E-state index contributed by atoms with van der Waals surface area (Å²) in [6.45, 7) is 6.59. The van der Waals surface area contributed by atoms with E-state index in [-0.39, 0.29) is 11.7 Å². The molecule has 1 aliphatic rings. The first-order valence-electron chi connectivity index (χ1n) is 4.16. The van der Waals surface area contributed by atoms with Crippen molar-refractivity contribution >= 4 is 21.6 Å². The van der Waals surface area contributed by atoms with Crippen LogP contribution < -0.4 is 0 Å². The van der Waals surface area contributed by atoms with Crippen molar-refractivity contribution in [1.29, 1.82) is 0 Å². The lowest BCUT2D eigenvalue weighted by atomic mass is 10.2. The second-order valence-electron chi connectivity index (χ2n) is 3.56. The van der Waals surface area contributed by atoms with E-state index in [0.29, 0.717) is 19.0 Å². The lowest BCUT2D eigenvalue weighted by molar-refractivity contribution is 0.439. The van der Waals surface area contributed by atoms with Crippen molar-refractivity contribution in [3.8, 4) is 0 Å². The first-order valence-corrected chi connectivity index (χ1v) is 6.30. The summed E-state index contributed by atoms with van der Waals surface area (Å²) in [5.41, 5.74) is 0.749. The number of halogens is 1. The Morgan fingerprint density at radius 3 is 2.69 bits per heavy atom. The highest BCUT2D eigenvalue weighted by molar-refractivity contribution is 7.89. The van der Waals surface area contributed by atoms with Crippen molar-refractivity contribution in [2.75, 3.05) is 24.7 Å². The molecule has 3 nitrogen and oxygen atoms in total. The maximum atomic E-state index is 11.5. The summed E-state index contributed by atoms with van der Waals surface area (Å²) in [7, 11) is -3.03. The molecule has 0 radical (unpaired) electrons. The standard InChI is InChI=1S/C8H14ClNO2S/c1-7(3-9)4-10-5-8(2)6-13(10,11)12/h8H,1,3-6H2,2H3. The topological polar surface area (TPSA) is 37.4 Å². The summed E-state index contributed by atoms with van der Waals surface area (Å²) < 4.78 is 24.4. The van der Waals surface area contributed by atoms with Gasteiger partial charge in [0.05, 0.1) is 5.75 Å². The van der Waals surface area contributed by atoms with Crippen LogP contribution in [-0.4, -0.2) is 37.4 Å². The zero-order valence-corrected chi connectivity index (χ0v) is 9.24. The van der Waals surface area contributed by atoms with Gasteiger partial charge < -0.3 is 0 Å². The van der Waals surface area contributed by atoms with Crippen LogP contribution in [0.4, 0.5) is 0 Å². The van der Waals surface area contributed by atoms with Crippen LogP contribution in [-0.2, 0) is 10.0 Å². The van der Waals surface area contributed by atoms with Gasteiger partial charge in [0.25, 0.3) is 0 Å². The fourth-order valence-corrected chi connectivity index (χ4v) is 3.41. The molecular weight excluding hydrogens is 210 g/mol. The van der Waals surface area contributed by atoms with Crippen molar-refractivity contribution in [3.05, 3.63) is 12.2 Å². The Hall–Kier alpha value is -0.0600. The van der Waals surface area contributed by atoms with E-state index in [1.54, 1.807) is 0 Å². The van der Waals surface area contributed by atoms with Gasteiger partial charge in [-0.25, -0.2) is 8.42 Å². The molecule has 0 bridgehead atoms. The van der Waals surface area contributed by atoms with Crippen LogP contribution >= 0.6 is 11.6 Å². The molecule has 1 saturated heterocycles. The Labute approximate surface area is 84.4 Å². The van der Waals surface area contributed by atoms with E-state index in [2.05, 4.69) is 6.58 Å². The first-order chi connectivity index (χ1) is 5.95. The zero-order chi connectivity index (χ0) is 10.1. The van der Waals surface area contributed by atoms with Crippen LogP contribution in [0.1, 0.15) is 6.92 Å². The average molecular weight is 224 g/mol. The minimum Gasteiger partial charge on any atom is -0.212 e. The summed E-state index contributed by atoms with van der Waals surface area (Å²) in [6.07, 6.45) is 0. The summed E-state index contributed by atoms with van der Waals surface area (Å²) in [6, 6.07) is 0. The third kappa shape index (κ3) is 2.69. The fraction of sp³-hybridized carbons (Fsp3) is 0.750. The highest BCUT2D eigenvalue weighted by Gasteiger charge is 2.33. The molecule has 0 aliphatic carbocycles. The van der Waals surface area contributed by atoms with Gasteiger partial charge in [0.2, 0.25) is 10.0 Å². The van der Waals surface area contributed by atoms with Crippen LogP contribution in [0.25, 0.3) is 0 Å². The fourth-order valence-electron chi connectivity index (χ4n) is 1.43. The number of hydrogen-bond acceptors (Lipinski definition) is 2. The van der Waals surface area contributed by atoms with Crippen molar-refractivity contribution in [1.82, 2.24) is 4.31 Å². The first kappa shape index (κ1) is 11.0. The Morgan fingerprint density at radius 2 is 2.31 bits per heavy atom. The number of sulfonamides is 1. The highest BCUT2D eigenvalue weighted by atomic mass is 35.5.